The molecule has 6 aliphatic carbocycles. The Morgan fingerprint density at radius 3 is 2.22 bits per heavy atom. The third kappa shape index (κ3) is 6.19. The molecule has 0 radical (unpaired) electrons. The van der Waals surface area contributed by atoms with E-state index in [0.29, 0.717) is 36.0 Å². The normalized spacial score (nSPS) is 45.0. The monoisotopic (exact) mass is 695 g/mol. The number of ether oxygens (including phenoxy) is 1. The molecule has 7 nitrogen and oxygen atoms in total. The summed E-state index contributed by atoms with van der Waals surface area (Å²) in [5.74, 6) is 1.75. The van der Waals surface area contributed by atoms with E-state index in [0.717, 1.165) is 57.8 Å². The van der Waals surface area contributed by atoms with E-state index in [4.69, 9.17) is 10.5 Å². The molecule has 0 aromatic heterocycles. The molecule has 50 heavy (non-hydrogen) atoms. The molecule has 6 fully saturated rings. The number of nitrogens with two attached hydrogens (primary N) is 1. The van der Waals surface area contributed by atoms with Gasteiger partial charge in [-0.25, -0.2) is 0 Å². The predicted octanol–water partition coefficient (Wildman–Crippen LogP) is 8.83. The van der Waals surface area contributed by atoms with Gasteiger partial charge >= 0.3 is 11.9 Å². The van der Waals surface area contributed by atoms with Gasteiger partial charge in [0.2, 0.25) is 5.91 Å². The van der Waals surface area contributed by atoms with E-state index in [2.05, 4.69) is 53.4 Å². The number of hydrogen-bond acceptors (Lipinski definition) is 5. The van der Waals surface area contributed by atoms with Crippen LogP contribution < -0.4 is 11.1 Å². The van der Waals surface area contributed by atoms with Crippen LogP contribution in [0.4, 0.5) is 0 Å². The molecule has 282 valence electrons. The number of amides is 1. The van der Waals surface area contributed by atoms with Gasteiger partial charge in [-0.3, -0.25) is 14.4 Å². The summed E-state index contributed by atoms with van der Waals surface area (Å²) in [5.41, 5.74) is 7.35. The number of esters is 1. The van der Waals surface area contributed by atoms with Crippen LogP contribution in [0.15, 0.2) is 12.2 Å². The lowest BCUT2D eigenvalue weighted by Gasteiger charge is -2.73. The molecule has 0 heterocycles. The first-order valence-corrected chi connectivity index (χ1v) is 20.3. The Morgan fingerprint density at radius 2 is 1.58 bits per heavy atom. The maximum Gasteiger partial charge on any atom is 0.306 e. The van der Waals surface area contributed by atoms with Gasteiger partial charge in [0, 0.05) is 23.9 Å². The molecule has 7 heteroatoms. The van der Waals surface area contributed by atoms with Crippen molar-refractivity contribution in [2.45, 2.75) is 176 Å². The van der Waals surface area contributed by atoms with Crippen LogP contribution in [0, 0.1) is 62.1 Å². The van der Waals surface area contributed by atoms with Crippen molar-refractivity contribution >= 4 is 17.8 Å². The lowest BCUT2D eigenvalue weighted by atomic mass is 9.32. The van der Waals surface area contributed by atoms with Gasteiger partial charge in [0.25, 0.3) is 0 Å². The molecule has 6 rings (SSSR count). The second-order valence-electron chi connectivity index (χ2n) is 20.8. The third-order valence-corrected chi connectivity index (χ3v) is 17.1. The molecule has 6 saturated carbocycles. The molecular weight excluding hydrogens is 624 g/mol. The fourth-order valence-corrected chi connectivity index (χ4v) is 14.6. The van der Waals surface area contributed by atoms with Crippen molar-refractivity contribution in [1.29, 1.82) is 0 Å². The van der Waals surface area contributed by atoms with Gasteiger partial charge in [0.05, 0.1) is 12.8 Å². The van der Waals surface area contributed by atoms with Crippen molar-refractivity contribution in [3.8, 4) is 0 Å². The van der Waals surface area contributed by atoms with Gasteiger partial charge < -0.3 is 20.9 Å². The minimum Gasteiger partial charge on any atom is -0.481 e. The summed E-state index contributed by atoms with van der Waals surface area (Å²) in [6, 6.07) is 0.448. The highest BCUT2D eigenvalue weighted by molar-refractivity contribution is 5.77. The van der Waals surface area contributed by atoms with Gasteiger partial charge in [-0.1, -0.05) is 60.6 Å². The number of carbonyl (C=O) groups is 3. The SMILES string of the molecule is C=C(C)[C@@H]1CC[C@]2(CC(=O)NC3CC[C@@H](N)C3)CC[C@]3(C)[C@H](CC[C@@H]4[C@@]5(C)CC[C@H](OC(=O)CC(C)(C)CC(=O)O)C(C)(C)[C@@H]5CC[C@]43C)[C@@H]12. The standard InChI is InChI=1S/C43H70N2O5/c1-26(2)29-14-19-43(23-34(46)45-28-11-10-27(44)22-28)21-20-41(8)30(37(29)43)12-13-32-40(7)17-16-33(39(5,6)31(40)15-18-42(32,41)9)50-36(49)25-38(3,4)24-35(47)48/h27-33,37H,1,10-25,44H2,2-9H3,(H,45,46)(H,47,48)/t27-,28?,29+,30-,31+,32-,33+,37-,40+,41-,42-,43-/m1/s1. The molecule has 0 aromatic carbocycles. The van der Waals surface area contributed by atoms with Crippen molar-refractivity contribution in [2.75, 3.05) is 0 Å². The van der Waals surface area contributed by atoms with Gasteiger partial charge in [-0.15, -0.1) is 0 Å². The van der Waals surface area contributed by atoms with Crippen LogP contribution >= 0.6 is 0 Å². The fraction of sp³-hybridized carbons (Fsp3) is 0.884. The number of aliphatic carboxylic acids is 1. The zero-order valence-electron chi connectivity index (χ0n) is 32.8. The maximum atomic E-state index is 13.8. The molecule has 0 spiro atoms. The minimum absolute atomic E-state index is 0.0468. The van der Waals surface area contributed by atoms with E-state index < -0.39 is 11.4 Å². The highest BCUT2D eigenvalue weighted by Crippen LogP contribution is 2.78. The molecule has 0 bridgehead atoms. The molecule has 12 atom stereocenters. The molecule has 1 amide bonds. The number of nitrogens with one attached hydrogen (secondary N) is 1. The molecule has 6 aliphatic rings. The van der Waals surface area contributed by atoms with Crippen LogP contribution in [0.25, 0.3) is 0 Å². The van der Waals surface area contributed by atoms with Crippen LogP contribution in [-0.4, -0.2) is 41.1 Å². The summed E-state index contributed by atoms with van der Waals surface area (Å²) < 4.78 is 6.28. The van der Waals surface area contributed by atoms with Gasteiger partial charge in [0.1, 0.15) is 6.10 Å². The average molecular weight is 695 g/mol. The van der Waals surface area contributed by atoms with E-state index in [-0.39, 0.29) is 70.0 Å². The van der Waals surface area contributed by atoms with Crippen molar-refractivity contribution in [2.24, 2.45) is 67.8 Å². The molecule has 0 saturated heterocycles. The van der Waals surface area contributed by atoms with Gasteiger partial charge in [0.15, 0.2) is 0 Å². The molecule has 4 N–H and O–H groups in total. The fourth-order valence-electron chi connectivity index (χ4n) is 14.6. The van der Waals surface area contributed by atoms with Crippen molar-refractivity contribution in [3.05, 3.63) is 12.2 Å². The molecule has 1 unspecified atom stereocenters. The van der Waals surface area contributed by atoms with Crippen LogP contribution in [0.1, 0.15) is 158 Å². The average Bonchev–Trinajstić information content (AvgIpc) is 3.57. The van der Waals surface area contributed by atoms with E-state index >= 15 is 0 Å². The highest BCUT2D eigenvalue weighted by atomic mass is 16.5. The topological polar surface area (TPSA) is 119 Å². The zero-order valence-corrected chi connectivity index (χ0v) is 32.8. The van der Waals surface area contributed by atoms with Crippen molar-refractivity contribution in [3.63, 3.8) is 0 Å². The zero-order chi connectivity index (χ0) is 36.7. The number of rotatable bonds is 9. The second-order valence-corrected chi connectivity index (χ2v) is 20.8. The third-order valence-electron chi connectivity index (χ3n) is 17.1. The number of carboxylic acid groups (broad SMARTS) is 1. The second kappa shape index (κ2) is 12.9. The van der Waals surface area contributed by atoms with Crippen molar-refractivity contribution in [1.82, 2.24) is 5.32 Å². The van der Waals surface area contributed by atoms with E-state index in [9.17, 15) is 19.5 Å². The number of carbonyl (C=O) groups excluding carboxylic acids is 2. The van der Waals surface area contributed by atoms with E-state index in [1.165, 1.54) is 31.3 Å². The summed E-state index contributed by atoms with van der Waals surface area (Å²) in [6.07, 6.45) is 14.8. The number of fused-ring (bicyclic) bond motifs is 7. The van der Waals surface area contributed by atoms with Crippen molar-refractivity contribution < 1.29 is 24.2 Å². The number of carboxylic acids is 1. The number of hydrogen-bond donors (Lipinski definition) is 3. The Hall–Kier alpha value is -1.89. The summed E-state index contributed by atoms with van der Waals surface area (Å²) in [5, 5.41) is 12.8. The first-order chi connectivity index (χ1) is 23.2. The Bertz CT molecular complexity index is 1370. The summed E-state index contributed by atoms with van der Waals surface area (Å²) in [7, 11) is 0. The first kappa shape index (κ1) is 37.9. The molecular formula is C43H70N2O5. The highest BCUT2D eigenvalue weighted by Gasteiger charge is 2.71. The lowest BCUT2D eigenvalue weighted by Crippen LogP contribution is -2.67. The smallest absolute Gasteiger partial charge is 0.306 e. The summed E-state index contributed by atoms with van der Waals surface area (Å²) >= 11 is 0. The first-order valence-electron chi connectivity index (χ1n) is 20.3. The van der Waals surface area contributed by atoms with Crippen LogP contribution in [0.5, 0.6) is 0 Å². The van der Waals surface area contributed by atoms with Crippen LogP contribution in [0.3, 0.4) is 0 Å². The Labute approximate surface area is 303 Å². The van der Waals surface area contributed by atoms with E-state index in [1.807, 2.05) is 13.8 Å². The Balaban J connectivity index is 1.22. The largest absolute Gasteiger partial charge is 0.481 e. The van der Waals surface area contributed by atoms with Crippen LogP contribution in [-0.2, 0) is 19.1 Å². The predicted molar refractivity (Wildman–Crippen MR) is 198 cm³/mol. The number of allylic oxidation sites excluding steroid dienone is 1. The lowest BCUT2D eigenvalue weighted by molar-refractivity contribution is -0.250. The quantitative estimate of drug-likeness (QED) is 0.164. The molecule has 0 aliphatic heterocycles. The Kier molecular flexibility index (Phi) is 9.77. The van der Waals surface area contributed by atoms with E-state index in [1.54, 1.807) is 0 Å². The van der Waals surface area contributed by atoms with Gasteiger partial charge in [-0.2, -0.15) is 0 Å². The van der Waals surface area contributed by atoms with Crippen LogP contribution in [0.2, 0.25) is 0 Å². The van der Waals surface area contributed by atoms with Gasteiger partial charge in [-0.05, 0) is 147 Å². The minimum atomic E-state index is -0.882. The Morgan fingerprint density at radius 1 is 0.860 bits per heavy atom. The molecule has 0 aromatic rings. The maximum absolute atomic E-state index is 13.8. The summed E-state index contributed by atoms with van der Waals surface area (Å²) in [6.45, 7) is 23.0. The summed E-state index contributed by atoms with van der Waals surface area (Å²) in [4.78, 5) is 38.4.